The van der Waals surface area contributed by atoms with E-state index >= 15 is 0 Å². The first-order valence-electron chi connectivity index (χ1n) is 7.06. The highest BCUT2D eigenvalue weighted by Gasteiger charge is 2.57. The van der Waals surface area contributed by atoms with Gasteiger partial charge in [0.2, 0.25) is 5.76 Å². The maximum atomic E-state index is 11.3. The number of carboxylic acid groups (broad SMARTS) is 1. The molecule has 3 rings (SSSR count). The summed E-state index contributed by atoms with van der Waals surface area (Å²) in [5.74, 6) is -1.06. The van der Waals surface area contributed by atoms with Crippen molar-refractivity contribution >= 4 is 18.0 Å². The first-order chi connectivity index (χ1) is 10.8. The van der Waals surface area contributed by atoms with Gasteiger partial charge in [-0.3, -0.25) is 0 Å². The van der Waals surface area contributed by atoms with E-state index in [4.69, 9.17) is 23.7 Å². The predicted octanol–water partition coefficient (Wildman–Crippen LogP) is 0.480. The molecule has 0 unspecified atom stereocenters. The van der Waals surface area contributed by atoms with E-state index < -0.39 is 42.1 Å². The Balaban J connectivity index is 1.96. The highest BCUT2D eigenvalue weighted by Crippen LogP contribution is 2.40. The van der Waals surface area contributed by atoms with E-state index in [0.717, 1.165) is 0 Å². The summed E-state index contributed by atoms with van der Waals surface area (Å²) in [4.78, 5) is 27.0. The van der Waals surface area contributed by atoms with Crippen LogP contribution in [0.2, 0.25) is 0 Å². The monoisotopic (exact) mass is 327 g/mol. The van der Waals surface area contributed by atoms with Crippen molar-refractivity contribution in [2.75, 3.05) is 13.7 Å². The van der Waals surface area contributed by atoms with Gasteiger partial charge < -0.3 is 28.8 Å². The summed E-state index contributed by atoms with van der Waals surface area (Å²) in [6.45, 7) is 3.45. The van der Waals surface area contributed by atoms with Crippen LogP contribution in [0, 0.1) is 0 Å². The van der Waals surface area contributed by atoms with Crippen LogP contribution in [0.25, 0.3) is 0 Å². The van der Waals surface area contributed by atoms with E-state index in [1.54, 1.807) is 13.8 Å². The van der Waals surface area contributed by atoms with E-state index in [1.807, 2.05) is 0 Å². The minimum absolute atomic E-state index is 0.00633. The van der Waals surface area contributed by atoms with Gasteiger partial charge in [0.25, 0.3) is 0 Å². The van der Waals surface area contributed by atoms with Crippen LogP contribution in [0.3, 0.4) is 0 Å². The molecule has 3 aliphatic heterocycles. The Bertz CT molecular complexity index is 600. The molecule has 9 nitrogen and oxygen atoms in total. The fourth-order valence-electron chi connectivity index (χ4n) is 3.09. The first-order valence-corrected chi connectivity index (χ1v) is 7.06. The minimum Gasteiger partial charge on any atom is -0.478 e. The van der Waals surface area contributed by atoms with Crippen molar-refractivity contribution in [2.24, 2.45) is 4.99 Å². The number of carbonyl (C=O) groups excluding carboxylic acids is 1. The zero-order chi connectivity index (χ0) is 16.8. The Kier molecular flexibility index (Phi) is 3.67. The summed E-state index contributed by atoms with van der Waals surface area (Å²) in [6, 6.07) is 0. The number of fused-ring (bicyclic) bond motifs is 1. The van der Waals surface area contributed by atoms with Gasteiger partial charge in [0.05, 0.1) is 0 Å². The molecular weight excluding hydrogens is 310 g/mol. The number of hydrogen-bond donors (Lipinski definition) is 1. The van der Waals surface area contributed by atoms with E-state index in [9.17, 15) is 14.7 Å². The lowest BCUT2D eigenvalue weighted by Gasteiger charge is -2.41. The van der Waals surface area contributed by atoms with E-state index in [0.29, 0.717) is 5.90 Å². The lowest BCUT2D eigenvalue weighted by atomic mass is 9.82. The van der Waals surface area contributed by atoms with Crippen LogP contribution in [0.5, 0.6) is 0 Å². The number of carboxylic acids is 1. The predicted molar refractivity (Wildman–Crippen MR) is 74.0 cm³/mol. The normalized spacial score (nSPS) is 36.7. The lowest BCUT2D eigenvalue weighted by Crippen LogP contribution is -2.59. The summed E-state index contributed by atoms with van der Waals surface area (Å²) >= 11 is 0. The molecular formula is C14H17NO8. The Labute approximate surface area is 131 Å². The fourth-order valence-corrected chi connectivity index (χ4v) is 3.09. The number of aliphatic imine (C=N–C) groups is 1. The molecule has 1 saturated heterocycles. The number of cyclic esters (lactones) is 2. The average Bonchev–Trinajstić information content (AvgIpc) is 3.02. The van der Waals surface area contributed by atoms with Gasteiger partial charge in [-0.05, 0) is 6.92 Å². The molecule has 0 spiro atoms. The van der Waals surface area contributed by atoms with Crippen LogP contribution in [0.1, 0.15) is 13.8 Å². The van der Waals surface area contributed by atoms with Crippen LogP contribution >= 0.6 is 0 Å². The highest BCUT2D eigenvalue weighted by atomic mass is 16.8. The third kappa shape index (κ3) is 2.50. The van der Waals surface area contributed by atoms with Gasteiger partial charge in [-0.25, -0.2) is 14.6 Å². The average molecular weight is 327 g/mol. The van der Waals surface area contributed by atoms with Crippen molar-refractivity contribution in [3.63, 3.8) is 0 Å². The highest BCUT2D eigenvalue weighted by molar-refractivity contribution is 5.85. The quantitative estimate of drug-likeness (QED) is 0.742. The van der Waals surface area contributed by atoms with Crippen LogP contribution in [0.4, 0.5) is 4.79 Å². The SMILES string of the molecule is CO[C@H]([C@H]1COC(=O)O1)[C@@H]1OC(C(=O)O)=C[C@H]2OC(C)=N[C@@]21C. The maximum absolute atomic E-state index is 11.3. The van der Waals surface area contributed by atoms with E-state index in [2.05, 4.69) is 4.99 Å². The van der Waals surface area contributed by atoms with Crippen LogP contribution in [0.15, 0.2) is 16.8 Å². The van der Waals surface area contributed by atoms with Crippen molar-refractivity contribution in [1.29, 1.82) is 0 Å². The number of aliphatic carboxylic acids is 1. The number of ether oxygens (including phenoxy) is 5. The van der Waals surface area contributed by atoms with Crippen LogP contribution in [-0.4, -0.2) is 66.8 Å². The van der Waals surface area contributed by atoms with Gasteiger partial charge in [0, 0.05) is 20.1 Å². The zero-order valence-corrected chi connectivity index (χ0v) is 12.8. The van der Waals surface area contributed by atoms with Crippen molar-refractivity contribution < 1.29 is 38.4 Å². The van der Waals surface area contributed by atoms with Crippen molar-refractivity contribution in [3.8, 4) is 0 Å². The minimum atomic E-state index is -1.22. The molecule has 23 heavy (non-hydrogen) atoms. The topological polar surface area (TPSA) is 113 Å². The lowest BCUT2D eigenvalue weighted by molar-refractivity contribution is -0.151. The summed E-state index contributed by atoms with van der Waals surface area (Å²) in [6.07, 6.45) is -2.35. The Hall–Kier alpha value is -2.29. The molecule has 0 aromatic rings. The van der Waals surface area contributed by atoms with Gasteiger partial charge in [-0.2, -0.15) is 0 Å². The summed E-state index contributed by atoms with van der Waals surface area (Å²) in [7, 11) is 1.42. The third-order valence-electron chi connectivity index (χ3n) is 4.17. The number of carbonyl (C=O) groups is 2. The molecule has 0 aromatic carbocycles. The number of methoxy groups -OCH3 is 1. The molecule has 1 N–H and O–H groups in total. The maximum Gasteiger partial charge on any atom is 0.508 e. The van der Waals surface area contributed by atoms with Crippen LogP contribution in [-0.2, 0) is 28.5 Å². The van der Waals surface area contributed by atoms with Crippen LogP contribution < -0.4 is 0 Å². The van der Waals surface area contributed by atoms with E-state index in [-0.39, 0.29) is 12.4 Å². The number of rotatable bonds is 4. The van der Waals surface area contributed by atoms with Gasteiger partial charge in [-0.1, -0.05) is 0 Å². The van der Waals surface area contributed by atoms with Gasteiger partial charge in [-0.15, -0.1) is 0 Å². The van der Waals surface area contributed by atoms with Crippen molar-refractivity contribution in [3.05, 3.63) is 11.8 Å². The molecule has 0 radical (unpaired) electrons. The largest absolute Gasteiger partial charge is 0.508 e. The second-order valence-corrected chi connectivity index (χ2v) is 5.69. The molecule has 3 heterocycles. The van der Waals surface area contributed by atoms with Gasteiger partial charge in [0.1, 0.15) is 18.2 Å². The molecule has 0 aliphatic carbocycles. The molecule has 0 amide bonds. The number of nitrogens with zero attached hydrogens (tertiary/aromatic N) is 1. The van der Waals surface area contributed by atoms with Crippen molar-refractivity contribution in [1.82, 2.24) is 0 Å². The molecule has 9 heteroatoms. The molecule has 5 atom stereocenters. The summed E-state index contributed by atoms with van der Waals surface area (Å²) in [5.41, 5.74) is -0.904. The molecule has 1 fully saturated rings. The Morgan fingerprint density at radius 1 is 1.48 bits per heavy atom. The van der Waals surface area contributed by atoms with E-state index in [1.165, 1.54) is 13.2 Å². The van der Waals surface area contributed by atoms with Crippen molar-refractivity contribution in [2.45, 2.75) is 43.8 Å². The molecule has 3 aliphatic rings. The zero-order valence-electron chi connectivity index (χ0n) is 12.8. The Morgan fingerprint density at radius 3 is 2.78 bits per heavy atom. The second kappa shape index (κ2) is 5.41. The first kappa shape index (κ1) is 15.6. The summed E-state index contributed by atoms with van der Waals surface area (Å²) in [5, 5.41) is 9.25. The fraction of sp³-hybridized carbons (Fsp3) is 0.643. The third-order valence-corrected chi connectivity index (χ3v) is 4.17. The Morgan fingerprint density at radius 2 is 2.22 bits per heavy atom. The molecule has 0 bridgehead atoms. The molecule has 126 valence electrons. The number of hydrogen-bond acceptors (Lipinski definition) is 8. The van der Waals surface area contributed by atoms with Gasteiger partial charge >= 0.3 is 12.1 Å². The summed E-state index contributed by atoms with van der Waals surface area (Å²) < 4.78 is 26.5. The van der Waals surface area contributed by atoms with Gasteiger partial charge in [0.15, 0.2) is 24.2 Å². The standard InChI is InChI=1S/C14H17NO8/c1-6-15-14(2)9(21-6)4-7(12(16)17)22-11(14)10(19-3)8-5-20-13(18)23-8/h4,8-11H,5H2,1-3H3,(H,16,17)/t8-,9-,10-,11+,14+/m1/s1. The molecule has 0 saturated carbocycles. The second-order valence-electron chi connectivity index (χ2n) is 5.69. The smallest absolute Gasteiger partial charge is 0.478 e. The molecule has 0 aromatic heterocycles.